The molecule has 0 bridgehead atoms. The van der Waals surface area contributed by atoms with Gasteiger partial charge in [-0.2, -0.15) is 0 Å². The highest BCUT2D eigenvalue weighted by Crippen LogP contribution is 2.60. The summed E-state index contributed by atoms with van der Waals surface area (Å²) in [4.78, 5) is 4.67. The first kappa shape index (κ1) is 19.3. The molecule has 0 aliphatic carbocycles. The van der Waals surface area contributed by atoms with E-state index in [4.69, 9.17) is 4.74 Å². The van der Waals surface area contributed by atoms with Crippen LogP contribution < -0.4 is 14.5 Å². The van der Waals surface area contributed by atoms with Crippen LogP contribution in [0.25, 0.3) is 6.08 Å². The lowest BCUT2D eigenvalue weighted by molar-refractivity contribution is 0.339. The number of hydrogen-bond acceptors (Lipinski definition) is 4. The first-order valence-corrected chi connectivity index (χ1v) is 11.0. The number of ether oxygens (including phenoxy) is 1. The molecule has 28 heavy (non-hydrogen) atoms. The topological polar surface area (TPSA) is 15.7 Å². The van der Waals surface area contributed by atoms with Crippen LogP contribution in [0.4, 0.5) is 11.4 Å². The number of fused-ring (bicyclic) bond motifs is 3. The first-order valence-electron chi connectivity index (χ1n) is 10.0. The van der Waals surface area contributed by atoms with Crippen molar-refractivity contribution in [1.82, 2.24) is 0 Å². The molecule has 2 aliphatic rings. The minimum absolute atomic E-state index is 0.00329. The smallest absolute Gasteiger partial charge is 0.119 e. The Kier molecular flexibility index (Phi) is 4.86. The summed E-state index contributed by atoms with van der Waals surface area (Å²) in [5, 5.41) is 0. The molecule has 0 amide bonds. The standard InChI is InChI=1S/C24H30N2OS/c1-6-27-20-11-12-22-21(17-20)23(2,3)24(26(22)15-16-28-24)14-13-18-7-9-19(10-8-18)25(4)5/h7-14,17H,6,15-16H2,1-5H3/b14-13+. The SMILES string of the molecule is CCOc1ccc2c(c1)C(C)(C)C1(/C=C/c3ccc(N(C)C)cc3)SCCN21. The van der Waals surface area contributed by atoms with E-state index in [1.165, 1.54) is 22.5 Å². The van der Waals surface area contributed by atoms with Crippen molar-refractivity contribution in [3.05, 3.63) is 59.7 Å². The van der Waals surface area contributed by atoms with E-state index in [2.05, 4.69) is 104 Å². The van der Waals surface area contributed by atoms with Crippen LogP contribution in [-0.4, -0.2) is 37.9 Å². The summed E-state index contributed by atoms with van der Waals surface area (Å²) in [7, 11) is 4.15. The van der Waals surface area contributed by atoms with Crippen molar-refractivity contribution in [3.8, 4) is 5.75 Å². The monoisotopic (exact) mass is 394 g/mol. The van der Waals surface area contributed by atoms with Crippen LogP contribution in [-0.2, 0) is 5.41 Å². The second-order valence-electron chi connectivity index (χ2n) is 8.25. The molecule has 2 aromatic rings. The van der Waals surface area contributed by atoms with E-state index in [-0.39, 0.29) is 10.3 Å². The van der Waals surface area contributed by atoms with Gasteiger partial charge in [0, 0.05) is 43.2 Å². The highest BCUT2D eigenvalue weighted by atomic mass is 32.2. The van der Waals surface area contributed by atoms with Gasteiger partial charge in [-0.25, -0.2) is 0 Å². The molecule has 4 heteroatoms. The molecular formula is C24H30N2OS. The third-order valence-corrected chi connectivity index (χ3v) is 7.78. The summed E-state index contributed by atoms with van der Waals surface area (Å²) in [6.07, 6.45) is 4.72. The van der Waals surface area contributed by atoms with E-state index in [1.807, 2.05) is 6.92 Å². The molecular weight excluding hydrogens is 364 g/mol. The molecule has 1 atom stereocenters. The summed E-state index contributed by atoms with van der Waals surface area (Å²) >= 11 is 2.06. The van der Waals surface area contributed by atoms with Gasteiger partial charge in [0.1, 0.15) is 10.6 Å². The van der Waals surface area contributed by atoms with Gasteiger partial charge in [-0.05, 0) is 54.5 Å². The number of thioether (sulfide) groups is 1. The van der Waals surface area contributed by atoms with Crippen LogP contribution in [0.5, 0.6) is 5.75 Å². The van der Waals surface area contributed by atoms with Crippen molar-refractivity contribution in [2.24, 2.45) is 0 Å². The minimum Gasteiger partial charge on any atom is -0.494 e. The predicted octanol–water partition coefficient (Wildman–Crippen LogP) is 5.41. The normalized spacial score (nSPS) is 22.4. The van der Waals surface area contributed by atoms with Gasteiger partial charge in [0.05, 0.1) is 6.61 Å². The van der Waals surface area contributed by atoms with Crippen LogP contribution in [0.15, 0.2) is 48.5 Å². The summed E-state index contributed by atoms with van der Waals surface area (Å²) in [5.74, 6) is 2.12. The van der Waals surface area contributed by atoms with Crippen molar-refractivity contribution in [3.63, 3.8) is 0 Å². The fourth-order valence-corrected chi connectivity index (χ4v) is 6.06. The quantitative estimate of drug-likeness (QED) is 0.674. The number of nitrogens with zero attached hydrogens (tertiary/aromatic N) is 2. The number of anilines is 2. The predicted molar refractivity (Wildman–Crippen MR) is 123 cm³/mol. The molecule has 148 valence electrons. The minimum atomic E-state index is -0.0552. The maximum absolute atomic E-state index is 5.79. The van der Waals surface area contributed by atoms with Crippen LogP contribution >= 0.6 is 11.8 Å². The van der Waals surface area contributed by atoms with Crippen molar-refractivity contribution < 1.29 is 4.74 Å². The summed E-state index contributed by atoms with van der Waals surface area (Å²) < 4.78 is 5.79. The van der Waals surface area contributed by atoms with E-state index in [0.29, 0.717) is 6.61 Å². The largest absolute Gasteiger partial charge is 0.494 e. The van der Waals surface area contributed by atoms with E-state index < -0.39 is 0 Å². The molecule has 1 unspecified atom stereocenters. The van der Waals surface area contributed by atoms with Gasteiger partial charge in [-0.1, -0.05) is 32.1 Å². The first-order chi connectivity index (χ1) is 13.4. The van der Waals surface area contributed by atoms with Gasteiger partial charge >= 0.3 is 0 Å². The Hall–Kier alpha value is -2.07. The average molecular weight is 395 g/mol. The lowest BCUT2D eigenvalue weighted by Crippen LogP contribution is -2.48. The summed E-state index contributed by atoms with van der Waals surface area (Å²) in [6.45, 7) is 8.57. The van der Waals surface area contributed by atoms with Crippen molar-refractivity contribution >= 4 is 29.2 Å². The van der Waals surface area contributed by atoms with Gasteiger partial charge < -0.3 is 14.5 Å². The fraction of sp³-hybridized carbons (Fsp3) is 0.417. The molecule has 2 heterocycles. The van der Waals surface area contributed by atoms with Crippen molar-refractivity contribution in [1.29, 1.82) is 0 Å². The Morgan fingerprint density at radius 2 is 1.89 bits per heavy atom. The van der Waals surface area contributed by atoms with E-state index in [0.717, 1.165) is 18.0 Å². The van der Waals surface area contributed by atoms with Gasteiger partial charge in [0.2, 0.25) is 0 Å². The Balaban J connectivity index is 1.70. The summed E-state index contributed by atoms with van der Waals surface area (Å²) in [6, 6.07) is 15.4. The molecule has 1 fully saturated rings. The van der Waals surface area contributed by atoms with Gasteiger partial charge in [-0.15, -0.1) is 11.8 Å². The lowest BCUT2D eigenvalue weighted by atomic mass is 9.79. The Morgan fingerprint density at radius 3 is 2.57 bits per heavy atom. The van der Waals surface area contributed by atoms with Crippen LogP contribution in [0.1, 0.15) is 31.9 Å². The van der Waals surface area contributed by atoms with E-state index in [1.54, 1.807) is 0 Å². The molecule has 0 aromatic heterocycles. The van der Waals surface area contributed by atoms with Crippen molar-refractivity contribution in [2.45, 2.75) is 31.1 Å². The van der Waals surface area contributed by atoms with Crippen LogP contribution in [0.2, 0.25) is 0 Å². The van der Waals surface area contributed by atoms with E-state index in [9.17, 15) is 0 Å². The lowest BCUT2D eigenvalue weighted by Gasteiger charge is -2.40. The molecule has 4 rings (SSSR count). The zero-order valence-corrected chi connectivity index (χ0v) is 18.3. The molecule has 0 N–H and O–H groups in total. The molecule has 2 aromatic carbocycles. The van der Waals surface area contributed by atoms with Crippen molar-refractivity contribution in [2.75, 3.05) is 42.8 Å². The van der Waals surface area contributed by atoms with Gasteiger partial charge in [-0.3, -0.25) is 0 Å². The number of rotatable bonds is 5. The maximum atomic E-state index is 5.79. The molecule has 3 nitrogen and oxygen atoms in total. The molecule has 0 spiro atoms. The molecule has 1 saturated heterocycles. The number of hydrogen-bond donors (Lipinski definition) is 0. The second kappa shape index (κ2) is 7.07. The molecule has 0 saturated carbocycles. The fourth-order valence-electron chi connectivity index (χ4n) is 4.49. The average Bonchev–Trinajstić information content (AvgIpc) is 3.18. The molecule has 0 radical (unpaired) electrons. The number of benzene rings is 2. The van der Waals surface area contributed by atoms with Crippen LogP contribution in [0.3, 0.4) is 0 Å². The van der Waals surface area contributed by atoms with Crippen LogP contribution in [0, 0.1) is 0 Å². The third kappa shape index (κ3) is 2.89. The van der Waals surface area contributed by atoms with Gasteiger partial charge in [0.25, 0.3) is 0 Å². The third-order valence-electron chi connectivity index (χ3n) is 6.09. The zero-order valence-electron chi connectivity index (χ0n) is 17.5. The van der Waals surface area contributed by atoms with Gasteiger partial charge in [0.15, 0.2) is 0 Å². The maximum Gasteiger partial charge on any atom is 0.119 e. The summed E-state index contributed by atoms with van der Waals surface area (Å²) in [5.41, 5.74) is 5.21. The Bertz CT molecular complexity index is 888. The molecule has 2 aliphatic heterocycles. The highest BCUT2D eigenvalue weighted by Gasteiger charge is 2.58. The second-order valence-corrected chi connectivity index (χ2v) is 9.57. The van der Waals surface area contributed by atoms with E-state index >= 15 is 0 Å². The Labute approximate surface area is 173 Å². The Morgan fingerprint density at radius 1 is 1.14 bits per heavy atom. The zero-order chi connectivity index (χ0) is 19.9. The highest BCUT2D eigenvalue weighted by molar-refractivity contribution is 8.01.